The number of nitrogens with zero attached hydrogens (tertiary/aromatic N) is 5. The van der Waals surface area contributed by atoms with Gasteiger partial charge in [0.1, 0.15) is 12.1 Å². The van der Waals surface area contributed by atoms with Crippen LogP contribution in [0.5, 0.6) is 5.75 Å². The molecule has 4 heterocycles. The van der Waals surface area contributed by atoms with Crippen molar-refractivity contribution in [1.82, 2.24) is 19.9 Å². The molecule has 0 unspecified atom stereocenters. The minimum atomic E-state index is -0.170. The number of amides is 2. The van der Waals surface area contributed by atoms with Crippen LogP contribution in [0.4, 0.5) is 16.4 Å². The SMILES string of the molecule is CC(C)Oc1cccnc1NC(=O)N1CCN(c2ncnc3ccsc23)CC1. The van der Waals surface area contributed by atoms with Crippen LogP contribution in [0.1, 0.15) is 13.8 Å². The van der Waals surface area contributed by atoms with E-state index in [0.29, 0.717) is 24.7 Å². The van der Waals surface area contributed by atoms with Gasteiger partial charge in [-0.25, -0.2) is 19.7 Å². The highest BCUT2D eigenvalue weighted by molar-refractivity contribution is 7.17. The van der Waals surface area contributed by atoms with Crippen LogP contribution in [0.3, 0.4) is 0 Å². The molecule has 1 aliphatic heterocycles. The molecule has 1 aliphatic rings. The largest absolute Gasteiger partial charge is 0.487 e. The van der Waals surface area contributed by atoms with Crippen molar-refractivity contribution in [2.24, 2.45) is 0 Å². The van der Waals surface area contributed by atoms with Gasteiger partial charge in [-0.15, -0.1) is 11.3 Å². The summed E-state index contributed by atoms with van der Waals surface area (Å²) in [4.78, 5) is 29.7. The summed E-state index contributed by atoms with van der Waals surface area (Å²) in [6.07, 6.45) is 3.24. The lowest BCUT2D eigenvalue weighted by molar-refractivity contribution is 0.207. The summed E-state index contributed by atoms with van der Waals surface area (Å²) < 4.78 is 6.81. The number of aromatic nitrogens is 3. The Kier molecular flexibility index (Phi) is 5.25. The molecule has 0 saturated carbocycles. The van der Waals surface area contributed by atoms with E-state index in [1.165, 1.54) is 0 Å². The predicted octanol–water partition coefficient (Wildman–Crippen LogP) is 3.23. The average Bonchev–Trinajstić information content (AvgIpc) is 3.18. The van der Waals surface area contributed by atoms with Crippen LogP contribution < -0.4 is 15.0 Å². The molecular weight excluding hydrogens is 376 g/mol. The van der Waals surface area contributed by atoms with Crippen molar-refractivity contribution in [2.75, 3.05) is 36.4 Å². The molecule has 9 heteroatoms. The lowest BCUT2D eigenvalue weighted by Crippen LogP contribution is -2.50. The summed E-state index contributed by atoms with van der Waals surface area (Å²) >= 11 is 1.64. The van der Waals surface area contributed by atoms with Crippen molar-refractivity contribution in [3.8, 4) is 5.75 Å². The molecule has 1 N–H and O–H groups in total. The second-order valence-corrected chi connectivity index (χ2v) is 7.67. The zero-order chi connectivity index (χ0) is 19.5. The molecule has 0 spiro atoms. The molecule has 146 valence electrons. The van der Waals surface area contributed by atoms with Gasteiger partial charge in [-0.2, -0.15) is 0 Å². The molecule has 3 aromatic rings. The van der Waals surface area contributed by atoms with Gasteiger partial charge in [0.25, 0.3) is 0 Å². The zero-order valence-corrected chi connectivity index (χ0v) is 16.6. The van der Waals surface area contributed by atoms with Crippen molar-refractivity contribution in [3.63, 3.8) is 0 Å². The highest BCUT2D eigenvalue weighted by Crippen LogP contribution is 2.28. The van der Waals surface area contributed by atoms with Crippen LogP contribution in [0.15, 0.2) is 36.1 Å². The van der Waals surface area contributed by atoms with Gasteiger partial charge in [0.15, 0.2) is 11.6 Å². The van der Waals surface area contributed by atoms with Crippen molar-refractivity contribution in [2.45, 2.75) is 20.0 Å². The number of fused-ring (bicyclic) bond motifs is 1. The third-order valence-electron chi connectivity index (χ3n) is 4.45. The maximum absolute atomic E-state index is 12.7. The van der Waals surface area contributed by atoms with E-state index in [1.807, 2.05) is 31.4 Å². The highest BCUT2D eigenvalue weighted by Gasteiger charge is 2.24. The molecule has 0 aliphatic carbocycles. The first-order valence-corrected chi connectivity index (χ1v) is 10.1. The maximum atomic E-state index is 12.7. The Bertz CT molecular complexity index is 968. The van der Waals surface area contributed by atoms with Crippen molar-refractivity contribution in [1.29, 1.82) is 0 Å². The number of anilines is 2. The lowest BCUT2D eigenvalue weighted by Gasteiger charge is -2.35. The standard InChI is InChI=1S/C19H22N6O2S/c1-13(2)27-15-4-3-6-20-17(15)23-19(26)25-9-7-24(8-10-25)18-16-14(5-11-28-16)21-12-22-18/h3-6,11-13H,7-10H2,1-2H3,(H,20,23,26). The molecule has 8 nitrogen and oxygen atoms in total. The van der Waals surface area contributed by atoms with E-state index in [2.05, 4.69) is 25.2 Å². The summed E-state index contributed by atoms with van der Waals surface area (Å²) in [6, 6.07) is 5.43. The van der Waals surface area contributed by atoms with E-state index in [-0.39, 0.29) is 12.1 Å². The van der Waals surface area contributed by atoms with Crippen molar-refractivity contribution < 1.29 is 9.53 Å². The number of ether oxygens (including phenoxy) is 1. The van der Waals surface area contributed by atoms with E-state index in [0.717, 1.165) is 29.1 Å². The molecule has 0 atom stereocenters. The smallest absolute Gasteiger partial charge is 0.323 e. The van der Waals surface area contributed by atoms with E-state index in [9.17, 15) is 4.79 Å². The third-order valence-corrected chi connectivity index (χ3v) is 5.35. The Morgan fingerprint density at radius 1 is 1.18 bits per heavy atom. The number of carbonyl (C=O) groups excluding carboxylic acids is 1. The average molecular weight is 398 g/mol. The second kappa shape index (κ2) is 7.97. The predicted molar refractivity (Wildman–Crippen MR) is 110 cm³/mol. The van der Waals surface area contributed by atoms with Gasteiger partial charge in [0.05, 0.1) is 16.3 Å². The Balaban J connectivity index is 1.40. The fraction of sp³-hybridized carbons (Fsp3) is 0.368. The first kappa shape index (κ1) is 18.4. The molecule has 0 bridgehead atoms. The van der Waals surface area contributed by atoms with E-state index in [4.69, 9.17) is 4.74 Å². The van der Waals surface area contributed by atoms with Crippen molar-refractivity contribution >= 4 is 39.2 Å². The fourth-order valence-electron chi connectivity index (χ4n) is 3.14. The van der Waals surface area contributed by atoms with Gasteiger partial charge < -0.3 is 14.5 Å². The maximum Gasteiger partial charge on any atom is 0.323 e. The molecule has 1 saturated heterocycles. The Hall–Kier alpha value is -2.94. The van der Waals surface area contributed by atoms with Crippen LogP contribution in [-0.2, 0) is 0 Å². The first-order chi connectivity index (χ1) is 13.6. The third kappa shape index (κ3) is 3.84. The van der Waals surface area contributed by atoms with Crippen LogP contribution in [-0.4, -0.2) is 58.2 Å². The number of hydrogen-bond donors (Lipinski definition) is 1. The number of urea groups is 1. The monoisotopic (exact) mass is 398 g/mol. The molecule has 28 heavy (non-hydrogen) atoms. The summed E-state index contributed by atoms with van der Waals surface area (Å²) in [6.45, 7) is 6.53. The van der Waals surface area contributed by atoms with Crippen molar-refractivity contribution in [3.05, 3.63) is 36.1 Å². The molecular formula is C19H22N6O2S. The minimum Gasteiger partial charge on any atom is -0.487 e. The van der Waals surface area contributed by atoms with Crippen LogP contribution in [0, 0.1) is 0 Å². The summed E-state index contributed by atoms with van der Waals surface area (Å²) in [5, 5.41) is 4.90. The van der Waals surface area contributed by atoms with E-state index < -0.39 is 0 Å². The Labute approximate surface area is 167 Å². The van der Waals surface area contributed by atoms with Gasteiger partial charge >= 0.3 is 6.03 Å². The number of pyridine rings is 1. The van der Waals surface area contributed by atoms with E-state index in [1.54, 1.807) is 34.8 Å². The molecule has 2 amide bonds. The van der Waals surface area contributed by atoms with Gasteiger partial charge in [-0.3, -0.25) is 5.32 Å². The molecule has 3 aromatic heterocycles. The van der Waals surface area contributed by atoms with E-state index >= 15 is 0 Å². The van der Waals surface area contributed by atoms with Gasteiger partial charge in [0.2, 0.25) is 0 Å². The quantitative estimate of drug-likeness (QED) is 0.726. The normalized spacial score (nSPS) is 14.5. The second-order valence-electron chi connectivity index (χ2n) is 6.75. The minimum absolute atomic E-state index is 0.00495. The lowest BCUT2D eigenvalue weighted by atomic mass is 10.3. The van der Waals surface area contributed by atoms with Crippen LogP contribution >= 0.6 is 11.3 Å². The number of piperazine rings is 1. The summed E-state index contributed by atoms with van der Waals surface area (Å²) in [7, 11) is 0. The molecule has 0 radical (unpaired) electrons. The first-order valence-electron chi connectivity index (χ1n) is 9.22. The Morgan fingerprint density at radius 3 is 2.79 bits per heavy atom. The number of thiophene rings is 1. The van der Waals surface area contributed by atoms with Gasteiger partial charge in [-0.05, 0) is 37.4 Å². The highest BCUT2D eigenvalue weighted by atomic mass is 32.1. The molecule has 4 rings (SSSR count). The van der Waals surface area contributed by atoms with Crippen LogP contribution in [0.2, 0.25) is 0 Å². The summed E-state index contributed by atoms with van der Waals surface area (Å²) in [5.41, 5.74) is 0.961. The van der Waals surface area contributed by atoms with Gasteiger partial charge in [-0.1, -0.05) is 0 Å². The molecule has 0 aromatic carbocycles. The van der Waals surface area contributed by atoms with Gasteiger partial charge in [0, 0.05) is 32.4 Å². The molecule has 1 fully saturated rings. The zero-order valence-electron chi connectivity index (χ0n) is 15.8. The summed E-state index contributed by atoms with van der Waals surface area (Å²) in [5.74, 6) is 1.96. The number of hydrogen-bond acceptors (Lipinski definition) is 7. The van der Waals surface area contributed by atoms with Crippen LogP contribution in [0.25, 0.3) is 10.2 Å². The topological polar surface area (TPSA) is 83.5 Å². The number of carbonyl (C=O) groups is 1. The number of nitrogens with one attached hydrogen (secondary N) is 1. The number of rotatable bonds is 4. The fourth-order valence-corrected chi connectivity index (χ4v) is 4.00. The Morgan fingerprint density at radius 2 is 2.00 bits per heavy atom.